The molecule has 0 heterocycles. The molecule has 2 nitrogen and oxygen atoms in total. The van der Waals surface area contributed by atoms with Crippen molar-refractivity contribution in [2.45, 2.75) is 26.0 Å². The van der Waals surface area contributed by atoms with Gasteiger partial charge in [-0.15, -0.1) is 12.4 Å². The van der Waals surface area contributed by atoms with E-state index >= 15 is 0 Å². The highest BCUT2D eigenvalue weighted by Crippen LogP contribution is 2.05. The minimum absolute atomic E-state index is 0. The Morgan fingerprint density at radius 3 is 2.27 bits per heavy atom. The Labute approximate surface area is 96.0 Å². The predicted octanol–water partition coefficient (Wildman–Crippen LogP) is 2.50. The molecule has 0 bridgehead atoms. The van der Waals surface area contributed by atoms with Crippen molar-refractivity contribution < 1.29 is 9.13 Å². The van der Waals surface area contributed by atoms with Gasteiger partial charge in [0, 0.05) is 5.54 Å². The van der Waals surface area contributed by atoms with E-state index in [9.17, 15) is 4.39 Å². The summed E-state index contributed by atoms with van der Waals surface area (Å²) >= 11 is 0. The summed E-state index contributed by atoms with van der Waals surface area (Å²) in [4.78, 5) is 0. The fourth-order valence-corrected chi connectivity index (χ4v) is 1.01. The summed E-state index contributed by atoms with van der Waals surface area (Å²) in [5.74, 6) is -0.229. The maximum Gasteiger partial charge on any atom is 0.123 e. The molecular formula is C11H17ClFNO. The van der Waals surface area contributed by atoms with Crippen LogP contribution >= 0.6 is 12.4 Å². The SMILES string of the molecule is CC(C)(N)COCc1ccc(F)cc1.Cl. The van der Waals surface area contributed by atoms with Crippen LogP contribution in [0.2, 0.25) is 0 Å². The standard InChI is InChI=1S/C11H16FNO.ClH/c1-11(2,13)8-14-7-9-3-5-10(12)6-4-9;/h3-6H,7-8,13H2,1-2H3;1H. The smallest absolute Gasteiger partial charge is 0.123 e. The maximum atomic E-state index is 12.5. The molecule has 0 aliphatic carbocycles. The molecule has 1 aromatic carbocycles. The lowest BCUT2D eigenvalue weighted by molar-refractivity contribution is 0.0850. The van der Waals surface area contributed by atoms with Gasteiger partial charge in [-0.05, 0) is 31.5 Å². The van der Waals surface area contributed by atoms with Crippen molar-refractivity contribution in [2.75, 3.05) is 6.61 Å². The van der Waals surface area contributed by atoms with Gasteiger partial charge in [-0.1, -0.05) is 12.1 Å². The van der Waals surface area contributed by atoms with Crippen LogP contribution in [0.3, 0.4) is 0 Å². The largest absolute Gasteiger partial charge is 0.375 e. The van der Waals surface area contributed by atoms with Gasteiger partial charge in [-0.3, -0.25) is 0 Å². The van der Waals surface area contributed by atoms with Crippen LogP contribution in [-0.2, 0) is 11.3 Å². The molecule has 0 saturated carbocycles. The zero-order valence-corrected chi connectivity index (χ0v) is 9.81. The average Bonchev–Trinajstić information content (AvgIpc) is 2.06. The molecule has 0 unspecified atom stereocenters. The Balaban J connectivity index is 0.00000196. The molecule has 0 aliphatic heterocycles. The Bertz CT molecular complexity index is 282. The number of benzene rings is 1. The molecule has 86 valence electrons. The Morgan fingerprint density at radius 2 is 1.80 bits per heavy atom. The van der Waals surface area contributed by atoms with Gasteiger partial charge in [-0.25, -0.2) is 4.39 Å². The molecule has 0 atom stereocenters. The van der Waals surface area contributed by atoms with E-state index < -0.39 is 0 Å². The Morgan fingerprint density at radius 1 is 1.27 bits per heavy atom. The fraction of sp³-hybridized carbons (Fsp3) is 0.455. The summed E-state index contributed by atoms with van der Waals surface area (Å²) in [6.45, 7) is 4.76. The number of nitrogens with two attached hydrogens (primary N) is 1. The van der Waals surface area contributed by atoms with Crippen LogP contribution in [-0.4, -0.2) is 12.1 Å². The van der Waals surface area contributed by atoms with Crippen molar-refractivity contribution in [1.29, 1.82) is 0 Å². The number of hydrogen-bond donors (Lipinski definition) is 1. The molecule has 15 heavy (non-hydrogen) atoms. The molecule has 0 amide bonds. The first-order valence-corrected chi connectivity index (χ1v) is 4.58. The van der Waals surface area contributed by atoms with E-state index in [4.69, 9.17) is 10.5 Å². The van der Waals surface area contributed by atoms with Gasteiger partial charge in [0.05, 0.1) is 13.2 Å². The topological polar surface area (TPSA) is 35.2 Å². The van der Waals surface area contributed by atoms with E-state index in [-0.39, 0.29) is 23.8 Å². The molecule has 0 radical (unpaired) electrons. The normalized spacial score (nSPS) is 10.9. The first-order valence-electron chi connectivity index (χ1n) is 4.58. The minimum Gasteiger partial charge on any atom is -0.375 e. The molecule has 0 aliphatic rings. The quantitative estimate of drug-likeness (QED) is 0.867. The second kappa shape index (κ2) is 6.05. The van der Waals surface area contributed by atoms with Gasteiger partial charge < -0.3 is 10.5 Å². The van der Waals surface area contributed by atoms with Crippen molar-refractivity contribution in [2.24, 2.45) is 5.73 Å². The molecule has 4 heteroatoms. The monoisotopic (exact) mass is 233 g/mol. The minimum atomic E-state index is -0.319. The Kier molecular flexibility index (Phi) is 5.80. The second-order valence-corrected chi connectivity index (χ2v) is 4.11. The molecule has 1 rings (SSSR count). The molecule has 0 aromatic heterocycles. The molecule has 0 saturated heterocycles. The van der Waals surface area contributed by atoms with Crippen molar-refractivity contribution in [1.82, 2.24) is 0 Å². The summed E-state index contributed by atoms with van der Waals surface area (Å²) < 4.78 is 17.9. The summed E-state index contributed by atoms with van der Waals surface area (Å²) in [7, 11) is 0. The summed E-state index contributed by atoms with van der Waals surface area (Å²) in [5.41, 5.74) is 6.37. The van der Waals surface area contributed by atoms with Crippen LogP contribution in [0.25, 0.3) is 0 Å². The fourth-order valence-electron chi connectivity index (χ4n) is 1.01. The van der Waals surface area contributed by atoms with E-state index in [1.807, 2.05) is 13.8 Å². The lowest BCUT2D eigenvalue weighted by Gasteiger charge is -2.18. The van der Waals surface area contributed by atoms with E-state index in [0.29, 0.717) is 13.2 Å². The van der Waals surface area contributed by atoms with E-state index in [0.717, 1.165) is 5.56 Å². The molecule has 0 fully saturated rings. The van der Waals surface area contributed by atoms with Crippen LogP contribution < -0.4 is 5.73 Å². The predicted molar refractivity (Wildman–Crippen MR) is 61.6 cm³/mol. The zero-order chi connectivity index (χ0) is 10.6. The average molecular weight is 234 g/mol. The summed E-state index contributed by atoms with van der Waals surface area (Å²) in [6.07, 6.45) is 0. The maximum absolute atomic E-state index is 12.5. The van der Waals surface area contributed by atoms with Crippen molar-refractivity contribution in [3.8, 4) is 0 Å². The lowest BCUT2D eigenvalue weighted by atomic mass is 10.1. The number of halogens is 2. The van der Waals surface area contributed by atoms with Crippen LogP contribution in [0, 0.1) is 5.82 Å². The highest BCUT2D eigenvalue weighted by atomic mass is 35.5. The van der Waals surface area contributed by atoms with Gasteiger partial charge in [-0.2, -0.15) is 0 Å². The summed E-state index contributed by atoms with van der Waals surface area (Å²) in [5, 5.41) is 0. The third-order valence-corrected chi connectivity index (χ3v) is 1.66. The molecule has 0 spiro atoms. The van der Waals surface area contributed by atoms with Crippen LogP contribution in [0.5, 0.6) is 0 Å². The van der Waals surface area contributed by atoms with Crippen molar-refractivity contribution in [3.63, 3.8) is 0 Å². The van der Waals surface area contributed by atoms with E-state index in [2.05, 4.69) is 0 Å². The van der Waals surface area contributed by atoms with Crippen molar-refractivity contribution >= 4 is 12.4 Å². The second-order valence-electron chi connectivity index (χ2n) is 4.11. The number of hydrogen-bond acceptors (Lipinski definition) is 2. The van der Waals surface area contributed by atoms with Gasteiger partial charge in [0.1, 0.15) is 5.82 Å². The van der Waals surface area contributed by atoms with Gasteiger partial charge in [0.25, 0.3) is 0 Å². The number of rotatable bonds is 4. The first-order chi connectivity index (χ1) is 6.47. The molecular weight excluding hydrogens is 217 g/mol. The highest BCUT2D eigenvalue weighted by molar-refractivity contribution is 5.85. The number of ether oxygens (including phenoxy) is 1. The van der Waals surface area contributed by atoms with E-state index in [1.54, 1.807) is 12.1 Å². The van der Waals surface area contributed by atoms with Crippen LogP contribution in [0.1, 0.15) is 19.4 Å². The van der Waals surface area contributed by atoms with Gasteiger partial charge in [0.2, 0.25) is 0 Å². The van der Waals surface area contributed by atoms with E-state index in [1.165, 1.54) is 12.1 Å². The lowest BCUT2D eigenvalue weighted by Crippen LogP contribution is -2.37. The Hall–Kier alpha value is -0.640. The van der Waals surface area contributed by atoms with Gasteiger partial charge >= 0.3 is 0 Å². The highest BCUT2D eigenvalue weighted by Gasteiger charge is 2.09. The van der Waals surface area contributed by atoms with Gasteiger partial charge in [0.15, 0.2) is 0 Å². The van der Waals surface area contributed by atoms with Crippen molar-refractivity contribution in [3.05, 3.63) is 35.6 Å². The third-order valence-electron chi connectivity index (χ3n) is 1.66. The summed E-state index contributed by atoms with van der Waals surface area (Å²) in [6, 6.07) is 6.26. The van der Waals surface area contributed by atoms with Crippen LogP contribution in [0.15, 0.2) is 24.3 Å². The molecule has 1 aromatic rings. The first kappa shape index (κ1) is 14.4. The molecule has 2 N–H and O–H groups in total. The zero-order valence-electron chi connectivity index (χ0n) is 9.00. The van der Waals surface area contributed by atoms with Crippen LogP contribution in [0.4, 0.5) is 4.39 Å². The third kappa shape index (κ3) is 6.44.